The van der Waals surface area contributed by atoms with Crippen LogP contribution in [0.2, 0.25) is 0 Å². The van der Waals surface area contributed by atoms with Crippen molar-refractivity contribution in [1.29, 1.82) is 0 Å². The van der Waals surface area contributed by atoms with E-state index in [1.165, 1.54) is 16.7 Å². The molecular weight excluding hydrogens is 260 g/mol. The fourth-order valence-electron chi connectivity index (χ4n) is 3.43. The molecule has 0 unspecified atom stereocenters. The van der Waals surface area contributed by atoms with Crippen molar-refractivity contribution in [3.63, 3.8) is 0 Å². The summed E-state index contributed by atoms with van der Waals surface area (Å²) in [6.45, 7) is 2.61. The van der Waals surface area contributed by atoms with E-state index in [2.05, 4.69) is 23.5 Å². The largest absolute Gasteiger partial charge is 0.312 e. The van der Waals surface area contributed by atoms with Gasteiger partial charge in [-0.25, -0.2) is 0 Å². The van der Waals surface area contributed by atoms with E-state index >= 15 is 0 Å². The molecule has 0 saturated carbocycles. The van der Waals surface area contributed by atoms with Gasteiger partial charge in [-0.3, -0.25) is 4.79 Å². The zero-order chi connectivity index (χ0) is 14.2. The number of hydrogen-bond acceptors (Lipinski definition) is 2. The molecule has 0 spiro atoms. The Balaban J connectivity index is 1.74. The van der Waals surface area contributed by atoms with Gasteiger partial charge in [0, 0.05) is 24.3 Å². The van der Waals surface area contributed by atoms with Crippen LogP contribution >= 0.6 is 0 Å². The lowest BCUT2D eigenvalue weighted by atomic mass is 9.95. The molecule has 2 aromatic carbocycles. The predicted molar refractivity (Wildman–Crippen MR) is 83.7 cm³/mol. The molecule has 0 atom stereocenters. The molecule has 0 radical (unpaired) electrons. The Morgan fingerprint density at radius 2 is 1.86 bits per heavy atom. The minimum absolute atomic E-state index is 0.152. The third-order valence-electron chi connectivity index (χ3n) is 4.50. The predicted octanol–water partition coefficient (Wildman–Crippen LogP) is 2.54. The summed E-state index contributed by atoms with van der Waals surface area (Å²) < 4.78 is 0. The first-order chi connectivity index (χ1) is 10.3. The molecule has 2 aliphatic heterocycles. The van der Waals surface area contributed by atoms with Crippen LogP contribution in [0.25, 0.3) is 0 Å². The number of anilines is 1. The van der Waals surface area contributed by atoms with Crippen LogP contribution in [-0.2, 0) is 19.4 Å². The zero-order valence-corrected chi connectivity index (χ0v) is 11.9. The number of rotatable bonds is 1. The maximum atomic E-state index is 13.0. The van der Waals surface area contributed by atoms with Gasteiger partial charge >= 0.3 is 0 Å². The van der Waals surface area contributed by atoms with E-state index in [0.29, 0.717) is 0 Å². The molecule has 2 aliphatic rings. The lowest BCUT2D eigenvalue weighted by molar-refractivity contribution is 0.0988. The summed E-state index contributed by atoms with van der Waals surface area (Å²) in [5.74, 6) is 0.152. The number of nitrogens with zero attached hydrogens (tertiary/aromatic N) is 1. The van der Waals surface area contributed by atoms with Crippen molar-refractivity contribution >= 4 is 11.6 Å². The van der Waals surface area contributed by atoms with Crippen molar-refractivity contribution in [3.05, 3.63) is 64.7 Å². The zero-order valence-electron chi connectivity index (χ0n) is 11.9. The molecule has 3 heteroatoms. The first-order valence-corrected chi connectivity index (χ1v) is 7.56. The van der Waals surface area contributed by atoms with E-state index in [-0.39, 0.29) is 5.91 Å². The van der Waals surface area contributed by atoms with E-state index in [4.69, 9.17) is 0 Å². The number of benzene rings is 2. The normalized spacial score (nSPS) is 16.5. The molecule has 1 N–H and O–H groups in total. The summed E-state index contributed by atoms with van der Waals surface area (Å²) in [7, 11) is 0. The van der Waals surface area contributed by atoms with Gasteiger partial charge in [-0.15, -0.1) is 0 Å². The van der Waals surface area contributed by atoms with Gasteiger partial charge in [0.15, 0.2) is 0 Å². The van der Waals surface area contributed by atoms with Crippen molar-refractivity contribution in [2.75, 3.05) is 18.0 Å². The van der Waals surface area contributed by atoms with Crippen LogP contribution in [0.4, 0.5) is 5.69 Å². The lowest BCUT2D eigenvalue weighted by Gasteiger charge is -2.23. The summed E-state index contributed by atoms with van der Waals surface area (Å²) in [5, 5.41) is 3.37. The molecule has 0 fully saturated rings. The first-order valence-electron chi connectivity index (χ1n) is 7.56. The summed E-state index contributed by atoms with van der Waals surface area (Å²) in [4.78, 5) is 14.9. The molecule has 0 aromatic heterocycles. The Labute approximate surface area is 124 Å². The highest BCUT2D eigenvalue weighted by Crippen LogP contribution is 2.30. The van der Waals surface area contributed by atoms with Gasteiger partial charge in [-0.1, -0.05) is 30.3 Å². The number of para-hydroxylation sites is 1. The average Bonchev–Trinajstić information content (AvgIpc) is 2.98. The van der Waals surface area contributed by atoms with E-state index in [1.54, 1.807) is 0 Å². The molecule has 2 heterocycles. The molecule has 1 amide bonds. The highest BCUT2D eigenvalue weighted by Gasteiger charge is 2.27. The molecule has 106 valence electrons. The third kappa shape index (κ3) is 2.05. The van der Waals surface area contributed by atoms with Gasteiger partial charge in [-0.2, -0.15) is 0 Å². The summed E-state index contributed by atoms with van der Waals surface area (Å²) in [6, 6.07) is 14.3. The topological polar surface area (TPSA) is 32.3 Å². The second kappa shape index (κ2) is 5.01. The monoisotopic (exact) mass is 278 g/mol. The smallest absolute Gasteiger partial charge is 0.258 e. The van der Waals surface area contributed by atoms with E-state index in [1.807, 2.05) is 29.2 Å². The highest BCUT2D eigenvalue weighted by molar-refractivity contribution is 6.08. The van der Waals surface area contributed by atoms with Crippen LogP contribution in [0.1, 0.15) is 27.0 Å². The first kappa shape index (κ1) is 12.6. The second-order valence-electron chi connectivity index (χ2n) is 5.71. The Hall–Kier alpha value is -2.13. The van der Waals surface area contributed by atoms with Crippen LogP contribution in [0, 0.1) is 0 Å². The second-order valence-corrected chi connectivity index (χ2v) is 5.71. The van der Waals surface area contributed by atoms with Crippen LogP contribution < -0.4 is 10.2 Å². The van der Waals surface area contributed by atoms with Gasteiger partial charge in [-0.05, 0) is 48.2 Å². The Morgan fingerprint density at radius 1 is 1.00 bits per heavy atom. The van der Waals surface area contributed by atoms with Gasteiger partial charge in [0.1, 0.15) is 0 Å². The minimum Gasteiger partial charge on any atom is -0.312 e. The summed E-state index contributed by atoms with van der Waals surface area (Å²) >= 11 is 0. The quantitative estimate of drug-likeness (QED) is 0.869. The van der Waals surface area contributed by atoms with Crippen molar-refractivity contribution in [2.24, 2.45) is 0 Å². The fraction of sp³-hybridized carbons (Fsp3) is 0.278. The van der Waals surface area contributed by atoms with E-state index in [9.17, 15) is 4.79 Å². The molecule has 4 rings (SSSR count). The average molecular weight is 278 g/mol. The minimum atomic E-state index is 0.152. The van der Waals surface area contributed by atoms with Gasteiger partial charge in [0.2, 0.25) is 0 Å². The van der Waals surface area contributed by atoms with Crippen LogP contribution in [0.3, 0.4) is 0 Å². The molecule has 3 nitrogen and oxygen atoms in total. The van der Waals surface area contributed by atoms with Crippen LogP contribution in [0.15, 0.2) is 42.5 Å². The van der Waals surface area contributed by atoms with Gasteiger partial charge in [0.05, 0.1) is 0 Å². The molecule has 0 bridgehead atoms. The maximum absolute atomic E-state index is 13.0. The number of hydrogen-bond donors (Lipinski definition) is 1. The number of nitrogens with one attached hydrogen (secondary N) is 1. The van der Waals surface area contributed by atoms with E-state index in [0.717, 1.165) is 43.7 Å². The van der Waals surface area contributed by atoms with Crippen molar-refractivity contribution in [1.82, 2.24) is 5.32 Å². The fourth-order valence-corrected chi connectivity index (χ4v) is 3.43. The van der Waals surface area contributed by atoms with Crippen LogP contribution in [0.5, 0.6) is 0 Å². The van der Waals surface area contributed by atoms with Crippen LogP contribution in [-0.4, -0.2) is 19.0 Å². The molecule has 0 saturated heterocycles. The van der Waals surface area contributed by atoms with Gasteiger partial charge in [0.25, 0.3) is 5.91 Å². The number of carbonyl (C=O) groups excluding carboxylic acids is 1. The molecular formula is C18H18N2O. The lowest BCUT2D eigenvalue weighted by Crippen LogP contribution is -2.32. The standard InChI is InChI=1S/C18H18N2O/c21-18(20-11-9-13-4-1-2-7-17(13)20)16-6-3-5-14-12-19-10-8-15(14)16/h1-7,19H,8-12H2. The molecule has 21 heavy (non-hydrogen) atoms. The Kier molecular flexibility index (Phi) is 3.00. The molecule has 2 aromatic rings. The SMILES string of the molecule is O=C(c1cccc2c1CCNC2)N1CCc2ccccc21. The summed E-state index contributed by atoms with van der Waals surface area (Å²) in [5.41, 5.74) is 5.72. The Morgan fingerprint density at radius 3 is 2.81 bits per heavy atom. The molecule has 0 aliphatic carbocycles. The Bertz CT molecular complexity index is 708. The highest BCUT2D eigenvalue weighted by atomic mass is 16.2. The van der Waals surface area contributed by atoms with Gasteiger partial charge < -0.3 is 10.2 Å². The van der Waals surface area contributed by atoms with Crippen molar-refractivity contribution in [3.8, 4) is 0 Å². The third-order valence-corrected chi connectivity index (χ3v) is 4.50. The van der Waals surface area contributed by atoms with Crippen molar-refractivity contribution in [2.45, 2.75) is 19.4 Å². The number of amides is 1. The van der Waals surface area contributed by atoms with Crippen molar-refractivity contribution < 1.29 is 4.79 Å². The summed E-state index contributed by atoms with van der Waals surface area (Å²) in [6.07, 6.45) is 1.89. The van der Waals surface area contributed by atoms with E-state index < -0.39 is 0 Å². The number of fused-ring (bicyclic) bond motifs is 2. The number of carbonyl (C=O) groups is 1. The maximum Gasteiger partial charge on any atom is 0.258 e.